The van der Waals surface area contributed by atoms with E-state index in [1.54, 1.807) is 6.26 Å². The van der Waals surface area contributed by atoms with Gasteiger partial charge in [-0.2, -0.15) is 0 Å². The van der Waals surface area contributed by atoms with E-state index in [0.717, 1.165) is 71.0 Å². The second-order valence-electron chi connectivity index (χ2n) is 15.5. The van der Waals surface area contributed by atoms with Gasteiger partial charge in [0.1, 0.15) is 5.52 Å². The molecule has 0 aliphatic heterocycles. The van der Waals surface area contributed by atoms with Gasteiger partial charge in [0.05, 0.1) is 12.0 Å². The summed E-state index contributed by atoms with van der Waals surface area (Å²) in [6, 6.07) is 25.4. The molecular formula is C47H56IrNO3S-. The van der Waals surface area contributed by atoms with Crippen molar-refractivity contribution in [3.05, 3.63) is 101 Å². The van der Waals surface area contributed by atoms with Crippen molar-refractivity contribution in [3.8, 4) is 22.4 Å². The zero-order valence-electron chi connectivity index (χ0n) is 33.1. The number of hydrogen-bond acceptors (Lipinski definition) is 5. The molecule has 0 unspecified atom stereocenters. The van der Waals surface area contributed by atoms with Gasteiger partial charge < -0.3 is 9.52 Å². The minimum absolute atomic E-state index is 0. The van der Waals surface area contributed by atoms with E-state index in [9.17, 15) is 9.90 Å². The first-order valence-corrected chi connectivity index (χ1v) is 19.9. The summed E-state index contributed by atoms with van der Waals surface area (Å²) in [5.74, 6) is 1.18. The van der Waals surface area contributed by atoms with E-state index in [-0.39, 0.29) is 48.9 Å². The second-order valence-corrected chi connectivity index (χ2v) is 16.8. The average Bonchev–Trinajstić information content (AvgIpc) is 3.71. The molecule has 0 atom stereocenters. The number of allylic oxidation sites excluding steroid dienone is 2. The van der Waals surface area contributed by atoms with Gasteiger partial charge in [0, 0.05) is 64.9 Å². The van der Waals surface area contributed by atoms with Crippen LogP contribution in [0.4, 0.5) is 0 Å². The van der Waals surface area contributed by atoms with E-state index in [4.69, 9.17) is 9.40 Å². The molecule has 0 bridgehead atoms. The number of furan rings is 1. The molecule has 0 saturated carbocycles. The Morgan fingerprint density at radius 1 is 0.925 bits per heavy atom. The number of carbonyl (C=O) groups excluding carboxylic acids is 1. The second kappa shape index (κ2) is 18.2. The van der Waals surface area contributed by atoms with E-state index in [0.29, 0.717) is 5.92 Å². The summed E-state index contributed by atoms with van der Waals surface area (Å²) in [7, 11) is 0. The molecule has 283 valence electrons. The first kappa shape index (κ1) is 42.2. The van der Waals surface area contributed by atoms with Crippen molar-refractivity contribution in [2.75, 3.05) is 0 Å². The summed E-state index contributed by atoms with van der Waals surface area (Å²) >= 11 is 1.89. The topological polar surface area (TPSA) is 63.3 Å². The fraction of sp³-hybridized carbons (Fsp3) is 0.404. The van der Waals surface area contributed by atoms with Crippen molar-refractivity contribution in [1.82, 2.24) is 4.98 Å². The summed E-state index contributed by atoms with van der Waals surface area (Å²) in [6.07, 6.45) is 7.76. The number of aryl methyl sites for hydroxylation is 1. The van der Waals surface area contributed by atoms with Gasteiger partial charge in [-0.3, -0.25) is 9.78 Å². The van der Waals surface area contributed by atoms with E-state index in [1.165, 1.54) is 37.6 Å². The molecule has 0 aliphatic rings. The fourth-order valence-corrected chi connectivity index (χ4v) is 8.31. The number of ketones is 1. The molecule has 4 nitrogen and oxygen atoms in total. The van der Waals surface area contributed by atoms with Crippen LogP contribution in [-0.4, -0.2) is 15.9 Å². The van der Waals surface area contributed by atoms with Crippen LogP contribution in [-0.2, 0) is 36.7 Å². The number of pyridine rings is 1. The Bertz CT molecular complexity index is 2190. The van der Waals surface area contributed by atoms with Crippen molar-refractivity contribution in [3.63, 3.8) is 0 Å². The van der Waals surface area contributed by atoms with Gasteiger partial charge in [0.2, 0.25) is 0 Å². The molecule has 0 fully saturated rings. The Labute approximate surface area is 334 Å². The van der Waals surface area contributed by atoms with E-state index < -0.39 is 0 Å². The molecule has 0 aliphatic carbocycles. The van der Waals surface area contributed by atoms with E-state index in [1.807, 2.05) is 45.1 Å². The zero-order valence-corrected chi connectivity index (χ0v) is 36.4. The molecule has 3 aromatic heterocycles. The Balaban J connectivity index is 0.000000335. The van der Waals surface area contributed by atoms with Gasteiger partial charge in [-0.15, -0.1) is 40.5 Å². The summed E-state index contributed by atoms with van der Waals surface area (Å²) in [6.45, 7) is 21.7. The van der Waals surface area contributed by atoms with Crippen LogP contribution in [0, 0.1) is 30.7 Å². The van der Waals surface area contributed by atoms with E-state index >= 15 is 0 Å². The Morgan fingerprint density at radius 2 is 1.60 bits per heavy atom. The third-order valence-corrected chi connectivity index (χ3v) is 11.4. The predicted molar refractivity (Wildman–Crippen MR) is 222 cm³/mol. The number of carbonyl (C=O) groups is 1. The summed E-state index contributed by atoms with van der Waals surface area (Å²) in [5.41, 5.74) is 8.66. The van der Waals surface area contributed by atoms with Crippen molar-refractivity contribution in [2.24, 2.45) is 17.8 Å². The van der Waals surface area contributed by atoms with Gasteiger partial charge in [-0.25, -0.2) is 0 Å². The van der Waals surface area contributed by atoms with Gasteiger partial charge in [0.15, 0.2) is 11.4 Å². The van der Waals surface area contributed by atoms with Crippen LogP contribution in [0.1, 0.15) is 104 Å². The molecular weight excluding hydrogens is 851 g/mol. The molecule has 1 radical (unpaired) electrons. The predicted octanol–water partition coefficient (Wildman–Crippen LogP) is 14.0. The maximum absolute atomic E-state index is 11.7. The minimum atomic E-state index is 0. The van der Waals surface area contributed by atoms with Gasteiger partial charge >= 0.3 is 0 Å². The van der Waals surface area contributed by atoms with Crippen molar-refractivity contribution < 1.29 is 34.4 Å². The SMILES string of the molecule is CCC(CC)C(=O)/C=C(\O)C(CC)CC.Cc1sc2cc(-c3cc(-c4[c-]c5ccccc5c(C(C)(C)C)c4)nc4ccoc34)ccc2c1CC(C)C.[Ir]. The Morgan fingerprint density at radius 3 is 2.25 bits per heavy atom. The zero-order chi connectivity index (χ0) is 37.7. The van der Waals surface area contributed by atoms with Crippen LogP contribution in [0.2, 0.25) is 0 Å². The Hall–Kier alpha value is -3.57. The van der Waals surface area contributed by atoms with Crippen LogP contribution in [0.25, 0.3) is 54.3 Å². The number of aromatic nitrogens is 1. The molecule has 0 amide bonds. The Kier molecular flexibility index (Phi) is 14.5. The van der Waals surface area contributed by atoms with Crippen LogP contribution in [0.5, 0.6) is 0 Å². The molecule has 0 saturated heterocycles. The van der Waals surface area contributed by atoms with Crippen molar-refractivity contribution in [1.29, 1.82) is 0 Å². The molecule has 3 heterocycles. The number of nitrogens with zero attached hydrogens (tertiary/aromatic N) is 1. The van der Waals surface area contributed by atoms with Gasteiger partial charge in [-0.05, 0) is 72.9 Å². The molecule has 53 heavy (non-hydrogen) atoms. The number of benzene rings is 3. The average molecular weight is 907 g/mol. The van der Waals surface area contributed by atoms with Crippen molar-refractivity contribution >= 4 is 49.1 Å². The summed E-state index contributed by atoms with van der Waals surface area (Å²) in [5, 5.41) is 13.5. The summed E-state index contributed by atoms with van der Waals surface area (Å²) in [4.78, 5) is 18.1. The summed E-state index contributed by atoms with van der Waals surface area (Å²) < 4.78 is 7.30. The third kappa shape index (κ3) is 9.57. The monoisotopic (exact) mass is 907 g/mol. The first-order chi connectivity index (χ1) is 24.8. The minimum Gasteiger partial charge on any atom is -0.512 e. The van der Waals surface area contributed by atoms with Crippen molar-refractivity contribution in [2.45, 2.75) is 107 Å². The first-order valence-electron chi connectivity index (χ1n) is 19.1. The smallest absolute Gasteiger partial charge is 0.162 e. The maximum Gasteiger partial charge on any atom is 0.162 e. The molecule has 3 aromatic carbocycles. The van der Waals surface area contributed by atoms with Crippen LogP contribution in [0.15, 0.2) is 83.2 Å². The number of aliphatic hydroxyl groups excluding tert-OH is 1. The van der Waals surface area contributed by atoms with Crippen LogP contribution < -0.4 is 0 Å². The quantitative estimate of drug-likeness (QED) is 0.0799. The van der Waals surface area contributed by atoms with Gasteiger partial charge in [0.25, 0.3) is 0 Å². The largest absolute Gasteiger partial charge is 0.512 e. The molecule has 1 N–H and O–H groups in total. The normalized spacial score (nSPS) is 12.2. The molecule has 0 spiro atoms. The molecule has 6 rings (SSSR count). The number of hydrogen-bond donors (Lipinski definition) is 1. The van der Waals surface area contributed by atoms with Crippen LogP contribution in [0.3, 0.4) is 0 Å². The van der Waals surface area contributed by atoms with Gasteiger partial charge in [-0.1, -0.05) is 110 Å². The standard InChI is InChI=1S/C34H32NOS.C13H24O2.Ir/c1-20(2)15-27-21(3)37-32-18-23(11-12-26(27)32)28-19-31(35-30-13-14-36-33(28)30)24-16-22-9-7-8-10-25(22)29(17-24)34(4,5)6;1-5-10(6-2)12(14)9-13(15)11(7-3)8-4;/h7-14,17-20H,15H2,1-6H3;9-11,14H,5-8H2,1-4H3;/q-1;;/b;12-9-;. The van der Waals surface area contributed by atoms with E-state index in [2.05, 4.69) is 102 Å². The number of rotatable bonds is 11. The maximum atomic E-state index is 11.7. The third-order valence-electron chi connectivity index (χ3n) is 10.3. The molecule has 6 heteroatoms. The number of thiophene rings is 1. The number of aliphatic hydroxyl groups is 1. The fourth-order valence-electron chi connectivity index (χ4n) is 7.18. The van der Waals surface area contributed by atoms with Crippen LogP contribution >= 0.6 is 11.3 Å². The molecule has 6 aromatic rings. The number of fused-ring (bicyclic) bond motifs is 3.